The van der Waals surface area contributed by atoms with Crippen molar-refractivity contribution in [2.75, 3.05) is 41.4 Å². The second kappa shape index (κ2) is 12.2. The zero-order valence-electron chi connectivity index (χ0n) is 19.9. The number of aromatic nitrogens is 1. The van der Waals surface area contributed by atoms with Gasteiger partial charge in [-0.05, 0) is 45.1 Å². The van der Waals surface area contributed by atoms with Gasteiger partial charge < -0.3 is 29.5 Å². The number of benzene rings is 1. The molecule has 8 heteroatoms. The smallest absolute Gasteiger partial charge is 0.191 e. The van der Waals surface area contributed by atoms with Crippen LogP contribution in [0, 0.1) is 0 Å². The Morgan fingerprint density at radius 3 is 2.42 bits per heavy atom. The molecule has 172 valence electrons. The Morgan fingerprint density at radius 2 is 1.84 bits per heavy atom. The van der Waals surface area contributed by atoms with Crippen LogP contribution in [0.4, 0.5) is 0 Å². The summed E-state index contributed by atoms with van der Waals surface area (Å²) in [7, 11) is 7.42. The average molecular weight is 432 g/mol. The highest BCUT2D eigenvalue weighted by molar-refractivity contribution is 5.79. The predicted molar refractivity (Wildman–Crippen MR) is 124 cm³/mol. The van der Waals surface area contributed by atoms with Crippen molar-refractivity contribution in [1.82, 2.24) is 20.7 Å². The van der Waals surface area contributed by atoms with Crippen LogP contribution in [0.15, 0.2) is 27.7 Å². The van der Waals surface area contributed by atoms with Crippen LogP contribution in [0.1, 0.15) is 49.4 Å². The minimum atomic E-state index is 0.122. The Morgan fingerprint density at radius 1 is 1.10 bits per heavy atom. The monoisotopic (exact) mass is 431 g/mol. The molecule has 1 heterocycles. The molecule has 8 nitrogen and oxygen atoms in total. The highest BCUT2D eigenvalue weighted by Gasteiger charge is 2.18. The van der Waals surface area contributed by atoms with Crippen LogP contribution in [-0.4, -0.2) is 57.4 Å². The number of likely N-dealkylation sites (N-methyl/N-ethyl adjacent to an activating group) is 1. The van der Waals surface area contributed by atoms with Gasteiger partial charge in [0.1, 0.15) is 5.76 Å². The molecule has 1 aromatic heterocycles. The molecule has 1 aromatic carbocycles. The van der Waals surface area contributed by atoms with Crippen molar-refractivity contribution in [2.24, 2.45) is 4.99 Å². The highest BCUT2D eigenvalue weighted by Crippen LogP contribution is 2.31. The molecule has 0 aliphatic carbocycles. The van der Waals surface area contributed by atoms with Gasteiger partial charge in [0.2, 0.25) is 0 Å². The van der Waals surface area contributed by atoms with E-state index >= 15 is 0 Å². The molecule has 2 N–H and O–H groups in total. The molecule has 0 bridgehead atoms. The summed E-state index contributed by atoms with van der Waals surface area (Å²) in [6.45, 7) is 8.20. The number of hydrogen-bond acceptors (Lipinski definition) is 6. The number of aliphatic imine (C=N–C) groups is 1. The van der Waals surface area contributed by atoms with E-state index in [2.05, 4.69) is 61.6 Å². The molecule has 0 radical (unpaired) electrons. The van der Waals surface area contributed by atoms with Gasteiger partial charge in [-0.3, -0.25) is 0 Å². The molecule has 0 spiro atoms. The molecule has 2 rings (SSSR count). The first-order valence-corrected chi connectivity index (χ1v) is 10.9. The van der Waals surface area contributed by atoms with E-state index in [1.54, 1.807) is 14.2 Å². The second-order valence-electron chi connectivity index (χ2n) is 7.41. The van der Waals surface area contributed by atoms with Gasteiger partial charge in [-0.1, -0.05) is 25.1 Å². The van der Waals surface area contributed by atoms with E-state index in [1.807, 2.05) is 12.1 Å². The lowest BCUT2D eigenvalue weighted by Crippen LogP contribution is -2.41. The van der Waals surface area contributed by atoms with E-state index < -0.39 is 0 Å². The number of ether oxygens (including phenoxy) is 2. The molecule has 31 heavy (non-hydrogen) atoms. The van der Waals surface area contributed by atoms with E-state index in [0.29, 0.717) is 13.1 Å². The molecule has 0 fully saturated rings. The highest BCUT2D eigenvalue weighted by atomic mass is 16.5. The van der Waals surface area contributed by atoms with Crippen molar-refractivity contribution < 1.29 is 14.0 Å². The molecule has 0 saturated carbocycles. The minimum absolute atomic E-state index is 0.122. The molecule has 0 amide bonds. The molecule has 2 aromatic rings. The first kappa shape index (κ1) is 24.5. The molecular formula is C23H37N5O3. The third-order valence-corrected chi connectivity index (χ3v) is 5.23. The Labute approximate surface area is 186 Å². The number of hydrogen-bond donors (Lipinski definition) is 2. The van der Waals surface area contributed by atoms with Crippen LogP contribution >= 0.6 is 0 Å². The van der Waals surface area contributed by atoms with Crippen LogP contribution in [0.2, 0.25) is 0 Å². The summed E-state index contributed by atoms with van der Waals surface area (Å²) in [6.07, 6.45) is 1.64. The molecule has 0 saturated heterocycles. The van der Waals surface area contributed by atoms with Crippen molar-refractivity contribution in [3.63, 3.8) is 0 Å². The predicted octanol–water partition coefficient (Wildman–Crippen LogP) is 3.17. The van der Waals surface area contributed by atoms with E-state index in [9.17, 15) is 0 Å². The average Bonchev–Trinajstić information content (AvgIpc) is 3.18. The zero-order valence-corrected chi connectivity index (χ0v) is 19.9. The van der Waals surface area contributed by atoms with Crippen molar-refractivity contribution >= 4 is 5.96 Å². The number of rotatable bonds is 11. The van der Waals surface area contributed by atoms with Gasteiger partial charge in [0.15, 0.2) is 17.5 Å². The lowest BCUT2D eigenvalue weighted by atomic mass is 10.1. The summed E-state index contributed by atoms with van der Waals surface area (Å²) < 4.78 is 16.3. The van der Waals surface area contributed by atoms with Gasteiger partial charge in [-0.15, -0.1) is 0 Å². The van der Waals surface area contributed by atoms with E-state index in [-0.39, 0.29) is 6.04 Å². The minimum Gasteiger partial charge on any atom is -0.493 e. The van der Waals surface area contributed by atoms with Gasteiger partial charge in [0.05, 0.1) is 32.5 Å². The molecule has 1 unspecified atom stereocenters. The molecular weight excluding hydrogens is 394 g/mol. The Hall–Kier alpha value is -2.74. The second-order valence-corrected chi connectivity index (χ2v) is 7.41. The fraction of sp³-hybridized carbons (Fsp3) is 0.565. The van der Waals surface area contributed by atoms with Crippen molar-refractivity contribution in [1.29, 1.82) is 0 Å². The number of guanidine groups is 1. The summed E-state index contributed by atoms with van der Waals surface area (Å²) in [5, 5.41) is 11.0. The van der Waals surface area contributed by atoms with Gasteiger partial charge in [0, 0.05) is 25.1 Å². The maximum absolute atomic E-state index is 5.48. The third kappa shape index (κ3) is 6.37. The molecule has 0 aliphatic heterocycles. The zero-order chi connectivity index (χ0) is 22.8. The summed E-state index contributed by atoms with van der Waals surface area (Å²) in [4.78, 5) is 6.96. The fourth-order valence-corrected chi connectivity index (χ4v) is 3.47. The number of nitrogens with one attached hydrogen (secondary N) is 2. The van der Waals surface area contributed by atoms with E-state index in [1.165, 1.54) is 0 Å². The van der Waals surface area contributed by atoms with Gasteiger partial charge in [-0.2, -0.15) is 0 Å². The SMILES string of the molecule is CCNC(=NCc1c(CC)noc1CC)NCC(c1ccc(OC)c(OC)c1)N(C)C. The lowest BCUT2D eigenvalue weighted by molar-refractivity contribution is 0.295. The normalized spacial score (nSPS) is 12.7. The van der Waals surface area contributed by atoms with Crippen LogP contribution in [-0.2, 0) is 19.4 Å². The van der Waals surface area contributed by atoms with Crippen LogP contribution < -0.4 is 20.1 Å². The fourth-order valence-electron chi connectivity index (χ4n) is 3.47. The number of aryl methyl sites for hydroxylation is 2. The number of nitrogens with zero attached hydrogens (tertiary/aromatic N) is 3. The van der Waals surface area contributed by atoms with Crippen molar-refractivity contribution in [2.45, 2.75) is 46.2 Å². The standard InChI is InChI=1S/C23H37N5O3/c1-8-18-17(20(9-2)31-27-18)14-25-23(24-10-3)26-15-19(28(4)5)16-11-12-21(29-6)22(13-16)30-7/h11-13,19H,8-10,14-15H2,1-7H3,(H2,24,25,26). The number of methoxy groups -OCH3 is 2. The molecule has 1 atom stereocenters. The topological polar surface area (TPSA) is 84.2 Å². The van der Waals surface area contributed by atoms with Gasteiger partial charge >= 0.3 is 0 Å². The maximum atomic E-state index is 5.48. The molecule has 0 aliphatic rings. The summed E-state index contributed by atoms with van der Waals surface area (Å²) in [5.41, 5.74) is 3.20. The van der Waals surface area contributed by atoms with Crippen LogP contribution in [0.25, 0.3) is 0 Å². The quantitative estimate of drug-likeness (QED) is 0.418. The van der Waals surface area contributed by atoms with E-state index in [4.69, 9.17) is 19.0 Å². The first-order chi connectivity index (χ1) is 15.0. The van der Waals surface area contributed by atoms with Crippen molar-refractivity contribution in [3.05, 3.63) is 40.8 Å². The summed E-state index contributed by atoms with van der Waals surface area (Å²) in [5.74, 6) is 3.12. The van der Waals surface area contributed by atoms with E-state index in [0.717, 1.165) is 59.4 Å². The maximum Gasteiger partial charge on any atom is 0.191 e. The Kier molecular flexibility index (Phi) is 9.65. The first-order valence-electron chi connectivity index (χ1n) is 10.9. The van der Waals surface area contributed by atoms with Gasteiger partial charge in [0.25, 0.3) is 0 Å². The summed E-state index contributed by atoms with van der Waals surface area (Å²) in [6, 6.07) is 6.15. The largest absolute Gasteiger partial charge is 0.493 e. The lowest BCUT2D eigenvalue weighted by Gasteiger charge is -2.26. The Bertz CT molecular complexity index is 826. The Balaban J connectivity index is 2.18. The van der Waals surface area contributed by atoms with Crippen LogP contribution in [0.5, 0.6) is 11.5 Å². The van der Waals surface area contributed by atoms with Crippen molar-refractivity contribution in [3.8, 4) is 11.5 Å². The third-order valence-electron chi connectivity index (χ3n) is 5.23. The van der Waals surface area contributed by atoms with Gasteiger partial charge in [-0.25, -0.2) is 4.99 Å². The van der Waals surface area contributed by atoms with Crippen LogP contribution in [0.3, 0.4) is 0 Å². The summed E-state index contributed by atoms with van der Waals surface area (Å²) >= 11 is 0.